The molecule has 8 heteroatoms. The third-order valence-electron chi connectivity index (χ3n) is 3.05. The number of aryl methyl sites for hydroxylation is 2. The standard InChI is InChI=1S/C12H12Cl2N6/c1-19-7-16-18-11(19)6-20-10(2-3-13)17-9-4-8(14)5-15-12(9)20/h4-5,7H,2-3,6H2,1H3. The lowest BCUT2D eigenvalue weighted by atomic mass is 10.4. The molecular formula is C12H12Cl2N6. The molecule has 0 bridgehead atoms. The van der Waals surface area contributed by atoms with E-state index in [2.05, 4.69) is 20.2 Å². The average molecular weight is 311 g/mol. The molecule has 3 rings (SSSR count). The van der Waals surface area contributed by atoms with E-state index in [9.17, 15) is 0 Å². The smallest absolute Gasteiger partial charge is 0.160 e. The summed E-state index contributed by atoms with van der Waals surface area (Å²) in [7, 11) is 1.90. The van der Waals surface area contributed by atoms with Gasteiger partial charge in [-0.2, -0.15) is 0 Å². The van der Waals surface area contributed by atoms with Crippen molar-refractivity contribution in [3.05, 3.63) is 35.3 Å². The molecule has 0 saturated carbocycles. The Balaban J connectivity index is 2.11. The fourth-order valence-corrected chi connectivity index (χ4v) is 2.39. The van der Waals surface area contributed by atoms with Crippen LogP contribution >= 0.6 is 23.2 Å². The minimum absolute atomic E-state index is 0.496. The third-order valence-corrected chi connectivity index (χ3v) is 3.45. The lowest BCUT2D eigenvalue weighted by molar-refractivity contribution is 0.676. The zero-order valence-corrected chi connectivity index (χ0v) is 12.3. The first kappa shape index (κ1) is 13.3. The summed E-state index contributed by atoms with van der Waals surface area (Å²) in [6.45, 7) is 0.549. The van der Waals surface area contributed by atoms with Crippen molar-refractivity contribution in [3.63, 3.8) is 0 Å². The number of imidazole rings is 1. The Hall–Kier alpha value is -1.66. The summed E-state index contributed by atoms with van der Waals surface area (Å²) in [5, 5.41) is 8.55. The second-order valence-electron chi connectivity index (χ2n) is 4.41. The Labute approximate surface area is 125 Å². The van der Waals surface area contributed by atoms with Crippen LogP contribution in [0, 0.1) is 0 Å². The minimum atomic E-state index is 0.496. The van der Waals surface area contributed by atoms with Crippen molar-refractivity contribution in [2.45, 2.75) is 13.0 Å². The quantitative estimate of drug-likeness (QED) is 0.692. The van der Waals surface area contributed by atoms with E-state index in [0.29, 0.717) is 23.9 Å². The van der Waals surface area contributed by atoms with Crippen molar-refractivity contribution in [2.24, 2.45) is 7.05 Å². The molecule has 0 aliphatic heterocycles. The van der Waals surface area contributed by atoms with Crippen LogP contribution in [0.5, 0.6) is 0 Å². The molecule has 3 heterocycles. The number of halogens is 2. The van der Waals surface area contributed by atoms with E-state index in [1.807, 2.05) is 16.2 Å². The zero-order chi connectivity index (χ0) is 14.1. The molecule has 3 aromatic heterocycles. The summed E-state index contributed by atoms with van der Waals surface area (Å²) in [4.78, 5) is 8.91. The highest BCUT2D eigenvalue weighted by molar-refractivity contribution is 6.31. The number of nitrogens with zero attached hydrogens (tertiary/aromatic N) is 6. The van der Waals surface area contributed by atoms with Crippen LogP contribution in [-0.4, -0.2) is 35.2 Å². The number of hydrogen-bond donors (Lipinski definition) is 0. The summed E-state index contributed by atoms with van der Waals surface area (Å²) >= 11 is 11.8. The van der Waals surface area contributed by atoms with Gasteiger partial charge in [0, 0.05) is 25.5 Å². The highest BCUT2D eigenvalue weighted by Gasteiger charge is 2.14. The molecule has 0 aromatic carbocycles. The van der Waals surface area contributed by atoms with Gasteiger partial charge in [-0.15, -0.1) is 21.8 Å². The lowest BCUT2D eigenvalue weighted by Gasteiger charge is -2.07. The zero-order valence-electron chi connectivity index (χ0n) is 10.8. The van der Waals surface area contributed by atoms with E-state index in [0.717, 1.165) is 22.8 Å². The van der Waals surface area contributed by atoms with Gasteiger partial charge in [0.25, 0.3) is 0 Å². The lowest BCUT2D eigenvalue weighted by Crippen LogP contribution is -2.10. The molecular weight excluding hydrogens is 299 g/mol. The first-order valence-corrected chi connectivity index (χ1v) is 7.00. The molecule has 104 valence electrons. The molecule has 0 unspecified atom stereocenters. The van der Waals surface area contributed by atoms with Crippen LogP contribution in [0.1, 0.15) is 11.6 Å². The second kappa shape index (κ2) is 5.38. The monoisotopic (exact) mass is 310 g/mol. The van der Waals surface area contributed by atoms with Crippen LogP contribution in [0.4, 0.5) is 0 Å². The molecule has 6 nitrogen and oxygen atoms in total. The molecule has 3 aromatic rings. The average Bonchev–Trinajstić information content (AvgIpc) is 2.96. The summed E-state index contributed by atoms with van der Waals surface area (Å²) in [5.74, 6) is 2.19. The van der Waals surface area contributed by atoms with E-state index < -0.39 is 0 Å². The fourth-order valence-electron chi connectivity index (χ4n) is 2.07. The van der Waals surface area contributed by atoms with Gasteiger partial charge in [-0.3, -0.25) is 0 Å². The molecule has 0 spiro atoms. The van der Waals surface area contributed by atoms with Crippen LogP contribution in [0.3, 0.4) is 0 Å². The van der Waals surface area contributed by atoms with E-state index in [4.69, 9.17) is 23.2 Å². The van der Waals surface area contributed by atoms with E-state index in [1.54, 1.807) is 18.6 Å². The van der Waals surface area contributed by atoms with Crippen molar-refractivity contribution in [1.82, 2.24) is 29.3 Å². The van der Waals surface area contributed by atoms with Gasteiger partial charge in [-0.25, -0.2) is 9.97 Å². The molecule has 0 aliphatic rings. The van der Waals surface area contributed by atoms with E-state index in [-0.39, 0.29) is 0 Å². The number of fused-ring (bicyclic) bond motifs is 1. The van der Waals surface area contributed by atoms with E-state index in [1.165, 1.54) is 0 Å². The van der Waals surface area contributed by atoms with Crippen molar-refractivity contribution >= 4 is 34.4 Å². The fraction of sp³-hybridized carbons (Fsp3) is 0.333. The molecule has 0 atom stereocenters. The summed E-state index contributed by atoms with van der Waals surface area (Å²) < 4.78 is 3.87. The summed E-state index contributed by atoms with van der Waals surface area (Å²) in [6, 6.07) is 1.80. The largest absolute Gasteiger partial charge is 0.319 e. The maximum atomic E-state index is 5.96. The molecule has 0 fully saturated rings. The predicted octanol–water partition coefficient (Wildman–Crippen LogP) is 2.04. The van der Waals surface area contributed by atoms with E-state index >= 15 is 0 Å². The number of hydrogen-bond acceptors (Lipinski definition) is 4. The van der Waals surface area contributed by atoms with Gasteiger partial charge in [0.1, 0.15) is 17.7 Å². The van der Waals surface area contributed by atoms with Crippen LogP contribution in [0.25, 0.3) is 11.2 Å². The van der Waals surface area contributed by atoms with Crippen molar-refractivity contribution < 1.29 is 0 Å². The Bertz CT molecular complexity index is 748. The van der Waals surface area contributed by atoms with Crippen LogP contribution in [0.2, 0.25) is 5.02 Å². The first-order valence-electron chi connectivity index (χ1n) is 6.08. The Kier molecular flexibility index (Phi) is 3.58. The van der Waals surface area contributed by atoms with Gasteiger partial charge in [-0.1, -0.05) is 11.6 Å². The third kappa shape index (κ3) is 2.36. The Morgan fingerprint density at radius 1 is 1.30 bits per heavy atom. The SMILES string of the molecule is Cn1cnnc1Cn1c(CCCl)nc2cc(Cl)cnc21. The maximum absolute atomic E-state index is 5.96. The van der Waals surface area contributed by atoms with Crippen LogP contribution in [0.15, 0.2) is 18.6 Å². The molecule has 0 amide bonds. The predicted molar refractivity (Wildman–Crippen MR) is 77.1 cm³/mol. The summed E-state index contributed by atoms with van der Waals surface area (Å²) in [6.07, 6.45) is 3.94. The van der Waals surface area contributed by atoms with Gasteiger partial charge in [0.05, 0.1) is 11.6 Å². The topological polar surface area (TPSA) is 61.4 Å². The van der Waals surface area contributed by atoms with Crippen LogP contribution in [-0.2, 0) is 20.0 Å². The van der Waals surface area contributed by atoms with Crippen molar-refractivity contribution in [3.8, 4) is 0 Å². The molecule has 0 aliphatic carbocycles. The van der Waals surface area contributed by atoms with Gasteiger partial charge >= 0.3 is 0 Å². The maximum Gasteiger partial charge on any atom is 0.160 e. The van der Waals surface area contributed by atoms with Crippen LogP contribution < -0.4 is 0 Å². The van der Waals surface area contributed by atoms with Crippen molar-refractivity contribution in [1.29, 1.82) is 0 Å². The summed E-state index contributed by atoms with van der Waals surface area (Å²) in [5.41, 5.74) is 1.54. The second-order valence-corrected chi connectivity index (χ2v) is 5.22. The Morgan fingerprint density at radius 3 is 2.85 bits per heavy atom. The highest BCUT2D eigenvalue weighted by Crippen LogP contribution is 2.19. The highest BCUT2D eigenvalue weighted by atomic mass is 35.5. The normalized spacial score (nSPS) is 11.3. The first-order chi connectivity index (χ1) is 9.69. The van der Waals surface area contributed by atoms with Gasteiger partial charge in [0.2, 0.25) is 0 Å². The van der Waals surface area contributed by atoms with Crippen molar-refractivity contribution in [2.75, 3.05) is 5.88 Å². The van der Waals surface area contributed by atoms with Gasteiger partial charge < -0.3 is 9.13 Å². The Morgan fingerprint density at radius 2 is 2.15 bits per heavy atom. The number of aromatic nitrogens is 6. The van der Waals surface area contributed by atoms with Gasteiger partial charge in [0.15, 0.2) is 11.5 Å². The number of rotatable bonds is 4. The molecule has 20 heavy (non-hydrogen) atoms. The molecule has 0 N–H and O–H groups in total. The number of alkyl halides is 1. The minimum Gasteiger partial charge on any atom is -0.319 e. The number of pyridine rings is 1. The molecule has 0 saturated heterocycles. The molecule has 0 radical (unpaired) electrons. The van der Waals surface area contributed by atoms with Gasteiger partial charge in [-0.05, 0) is 6.07 Å².